The highest BCUT2D eigenvalue weighted by molar-refractivity contribution is 6.31. The molecule has 1 saturated carbocycles. The van der Waals surface area contributed by atoms with Crippen molar-refractivity contribution >= 4 is 23.2 Å². The van der Waals surface area contributed by atoms with Crippen molar-refractivity contribution < 1.29 is 18.3 Å². The van der Waals surface area contributed by atoms with Gasteiger partial charge in [-0.1, -0.05) is 41.9 Å². The molecule has 2 atom stereocenters. The van der Waals surface area contributed by atoms with Crippen LogP contribution in [0.3, 0.4) is 0 Å². The fourth-order valence-corrected chi connectivity index (χ4v) is 2.87. The lowest BCUT2D eigenvalue weighted by atomic mass is 10.1. The molecule has 0 spiro atoms. The zero-order valence-corrected chi connectivity index (χ0v) is 12.8. The zero-order chi connectivity index (χ0) is 16.4. The van der Waals surface area contributed by atoms with E-state index in [0.717, 1.165) is 5.56 Å². The van der Waals surface area contributed by atoms with Crippen molar-refractivity contribution in [2.75, 3.05) is 5.32 Å². The minimum atomic E-state index is -2.94. The molecule has 2 unspecified atom stereocenters. The molecule has 0 radical (unpaired) electrons. The Morgan fingerprint density at radius 2 is 1.87 bits per heavy atom. The van der Waals surface area contributed by atoms with Crippen molar-refractivity contribution in [2.24, 2.45) is 5.92 Å². The molecule has 1 N–H and O–H groups in total. The molecule has 0 saturated heterocycles. The van der Waals surface area contributed by atoms with E-state index in [1.165, 1.54) is 12.1 Å². The number of ether oxygens (including phenoxy) is 1. The number of para-hydroxylation sites is 2. The first-order chi connectivity index (χ1) is 11.1. The Bertz CT molecular complexity index is 723. The van der Waals surface area contributed by atoms with Crippen LogP contribution in [0.1, 0.15) is 17.9 Å². The van der Waals surface area contributed by atoms with Crippen molar-refractivity contribution in [1.29, 1.82) is 0 Å². The van der Waals surface area contributed by atoms with E-state index in [-0.39, 0.29) is 29.2 Å². The van der Waals surface area contributed by atoms with Crippen LogP contribution in [0.5, 0.6) is 5.75 Å². The van der Waals surface area contributed by atoms with E-state index in [2.05, 4.69) is 10.1 Å². The Kier molecular flexibility index (Phi) is 4.48. The molecule has 1 fully saturated rings. The maximum Gasteiger partial charge on any atom is 0.387 e. The third kappa shape index (κ3) is 3.62. The van der Waals surface area contributed by atoms with Crippen LogP contribution in [-0.2, 0) is 4.79 Å². The summed E-state index contributed by atoms with van der Waals surface area (Å²) in [5.41, 5.74) is 1.18. The number of carbonyl (C=O) groups excluding carboxylic acids is 1. The minimum Gasteiger partial charge on any atom is -0.433 e. The quantitative estimate of drug-likeness (QED) is 0.860. The summed E-state index contributed by atoms with van der Waals surface area (Å²) in [5, 5.41) is 3.29. The summed E-state index contributed by atoms with van der Waals surface area (Å²) in [5.74, 6) is -0.424. The number of alkyl halides is 2. The van der Waals surface area contributed by atoms with E-state index in [9.17, 15) is 13.6 Å². The second-order valence-electron chi connectivity index (χ2n) is 5.33. The largest absolute Gasteiger partial charge is 0.433 e. The Morgan fingerprint density at radius 1 is 1.17 bits per heavy atom. The molecule has 3 nitrogen and oxygen atoms in total. The number of amides is 1. The lowest BCUT2D eigenvalue weighted by Crippen LogP contribution is -2.16. The minimum absolute atomic E-state index is 0.0502. The van der Waals surface area contributed by atoms with Crippen molar-refractivity contribution in [3.05, 3.63) is 59.1 Å². The molecule has 6 heteroatoms. The van der Waals surface area contributed by atoms with Gasteiger partial charge in [0.05, 0.1) is 5.69 Å². The summed E-state index contributed by atoms with van der Waals surface area (Å²) in [6.07, 6.45) is 0.688. The molecule has 0 heterocycles. The molecule has 2 aromatic carbocycles. The van der Waals surface area contributed by atoms with Crippen LogP contribution < -0.4 is 10.1 Å². The number of hydrogen-bond donors (Lipinski definition) is 1. The average Bonchev–Trinajstić information content (AvgIpc) is 3.29. The number of hydrogen-bond acceptors (Lipinski definition) is 2. The molecule has 1 aliphatic carbocycles. The lowest BCUT2D eigenvalue weighted by molar-refractivity contribution is -0.117. The van der Waals surface area contributed by atoms with Gasteiger partial charge in [-0.05, 0) is 36.1 Å². The van der Waals surface area contributed by atoms with Gasteiger partial charge < -0.3 is 10.1 Å². The van der Waals surface area contributed by atoms with Gasteiger partial charge in [0, 0.05) is 10.9 Å². The number of anilines is 1. The van der Waals surface area contributed by atoms with Gasteiger partial charge in [-0.3, -0.25) is 4.79 Å². The molecular formula is C17H14ClF2NO2. The molecule has 0 bridgehead atoms. The summed E-state index contributed by atoms with van der Waals surface area (Å²) < 4.78 is 29.2. The summed E-state index contributed by atoms with van der Waals surface area (Å²) in [7, 11) is 0. The van der Waals surface area contributed by atoms with Crippen molar-refractivity contribution in [3.8, 4) is 5.75 Å². The molecule has 120 valence electrons. The Morgan fingerprint density at radius 3 is 2.61 bits per heavy atom. The van der Waals surface area contributed by atoms with Gasteiger partial charge in [0.1, 0.15) is 5.75 Å². The number of benzene rings is 2. The first-order valence-electron chi connectivity index (χ1n) is 7.15. The number of rotatable bonds is 5. The van der Waals surface area contributed by atoms with Crippen molar-refractivity contribution in [3.63, 3.8) is 0 Å². The molecule has 1 aliphatic rings. The highest BCUT2D eigenvalue weighted by atomic mass is 35.5. The fourth-order valence-electron chi connectivity index (χ4n) is 2.60. The van der Waals surface area contributed by atoms with Crippen LogP contribution in [-0.4, -0.2) is 12.5 Å². The monoisotopic (exact) mass is 337 g/mol. The average molecular weight is 338 g/mol. The molecule has 3 rings (SSSR count). The second kappa shape index (κ2) is 6.54. The van der Waals surface area contributed by atoms with Crippen LogP contribution in [0.4, 0.5) is 14.5 Å². The molecule has 0 aromatic heterocycles. The van der Waals surface area contributed by atoms with Gasteiger partial charge in [-0.15, -0.1) is 0 Å². The van der Waals surface area contributed by atoms with Crippen LogP contribution in [0.2, 0.25) is 5.02 Å². The van der Waals surface area contributed by atoms with E-state index in [1.807, 2.05) is 18.2 Å². The Hall–Kier alpha value is -2.14. The molecule has 23 heavy (non-hydrogen) atoms. The van der Waals surface area contributed by atoms with E-state index < -0.39 is 6.61 Å². The predicted octanol–water partition coefficient (Wildman–Crippen LogP) is 4.68. The highest BCUT2D eigenvalue weighted by Gasteiger charge is 2.44. The van der Waals surface area contributed by atoms with Gasteiger partial charge >= 0.3 is 6.61 Å². The normalized spacial score (nSPS) is 19.5. The third-order valence-corrected chi connectivity index (χ3v) is 4.14. The van der Waals surface area contributed by atoms with Gasteiger partial charge in [-0.2, -0.15) is 8.78 Å². The van der Waals surface area contributed by atoms with Gasteiger partial charge in [-0.25, -0.2) is 0 Å². The van der Waals surface area contributed by atoms with Crippen LogP contribution in [0.15, 0.2) is 48.5 Å². The zero-order valence-electron chi connectivity index (χ0n) is 12.0. The number of nitrogens with one attached hydrogen (secondary N) is 1. The first kappa shape index (κ1) is 15.7. The van der Waals surface area contributed by atoms with Gasteiger partial charge in [0.15, 0.2) is 0 Å². The van der Waals surface area contributed by atoms with Gasteiger partial charge in [0.25, 0.3) is 0 Å². The number of halogens is 3. The van der Waals surface area contributed by atoms with E-state index in [1.54, 1.807) is 18.2 Å². The standard InChI is InChI=1S/C17H14ClF2NO2/c18-13-6-2-1-5-10(13)11-9-12(11)16(22)21-14-7-3-4-8-15(14)23-17(19)20/h1-8,11-12,17H,9H2,(H,21,22). The SMILES string of the molecule is O=C(Nc1ccccc1OC(F)F)C1CC1c1ccccc1Cl. The third-order valence-electron chi connectivity index (χ3n) is 3.79. The second-order valence-corrected chi connectivity index (χ2v) is 5.74. The summed E-state index contributed by atoms with van der Waals surface area (Å²) in [4.78, 5) is 12.3. The molecule has 1 amide bonds. The predicted molar refractivity (Wildman–Crippen MR) is 84.0 cm³/mol. The lowest BCUT2D eigenvalue weighted by Gasteiger charge is -2.11. The summed E-state index contributed by atoms with van der Waals surface area (Å²) in [6, 6.07) is 13.5. The topological polar surface area (TPSA) is 38.3 Å². The maximum atomic E-state index is 12.4. The first-order valence-corrected chi connectivity index (χ1v) is 7.53. The van der Waals surface area contributed by atoms with Crippen LogP contribution in [0.25, 0.3) is 0 Å². The molecule has 2 aromatic rings. The van der Waals surface area contributed by atoms with Crippen LogP contribution >= 0.6 is 11.6 Å². The molecule has 0 aliphatic heterocycles. The Labute approximate surface area is 137 Å². The van der Waals surface area contributed by atoms with E-state index in [4.69, 9.17) is 11.6 Å². The fraction of sp³-hybridized carbons (Fsp3) is 0.235. The van der Waals surface area contributed by atoms with E-state index >= 15 is 0 Å². The summed E-state index contributed by atoms with van der Waals surface area (Å²) in [6.45, 7) is -2.94. The van der Waals surface area contributed by atoms with Gasteiger partial charge in [0.2, 0.25) is 5.91 Å². The number of carbonyl (C=O) groups is 1. The van der Waals surface area contributed by atoms with Crippen molar-refractivity contribution in [2.45, 2.75) is 19.0 Å². The highest BCUT2D eigenvalue weighted by Crippen LogP contribution is 2.50. The van der Waals surface area contributed by atoms with Crippen LogP contribution in [0, 0.1) is 5.92 Å². The summed E-state index contributed by atoms with van der Waals surface area (Å²) >= 11 is 6.14. The maximum absolute atomic E-state index is 12.4. The van der Waals surface area contributed by atoms with E-state index in [0.29, 0.717) is 11.4 Å². The molecular weight excluding hydrogens is 324 g/mol. The van der Waals surface area contributed by atoms with Crippen molar-refractivity contribution in [1.82, 2.24) is 0 Å². The smallest absolute Gasteiger partial charge is 0.387 e. The Balaban J connectivity index is 1.69.